The average Bonchev–Trinajstić information content (AvgIpc) is 2.91. The summed E-state index contributed by atoms with van der Waals surface area (Å²) in [6.07, 6.45) is 2.76. The van der Waals surface area contributed by atoms with Crippen LogP contribution in [0.2, 0.25) is 5.02 Å². The molecule has 0 aromatic heterocycles. The van der Waals surface area contributed by atoms with Crippen LogP contribution < -0.4 is 5.32 Å². The first kappa shape index (κ1) is 32.3. The number of hydrogen-bond acceptors (Lipinski definition) is 6. The van der Waals surface area contributed by atoms with Crippen molar-refractivity contribution in [3.8, 4) is 0 Å². The molecule has 0 fully saturated rings. The summed E-state index contributed by atoms with van der Waals surface area (Å²) in [5.41, 5.74) is 0.0345. The van der Waals surface area contributed by atoms with E-state index in [0.717, 1.165) is 11.1 Å². The first-order valence-electron chi connectivity index (χ1n) is 13.8. The van der Waals surface area contributed by atoms with Gasteiger partial charge in [0.05, 0.1) is 12.6 Å². The summed E-state index contributed by atoms with van der Waals surface area (Å²) in [5.74, 6) is -0.912. The van der Waals surface area contributed by atoms with Crippen LogP contribution in [-0.4, -0.2) is 70.7 Å². The number of aliphatic hydroxyl groups excluding tert-OH is 1. The fourth-order valence-corrected chi connectivity index (χ4v) is 4.60. The normalized spacial score (nSPS) is 19.5. The maximum atomic E-state index is 13.1. The number of nitrogens with zero attached hydrogens (tertiary/aromatic N) is 1. The number of aliphatic carboxylic acids is 1. The summed E-state index contributed by atoms with van der Waals surface area (Å²) < 4.78 is 11.7. The number of rotatable bonds is 12. The molecule has 1 amide bonds. The lowest BCUT2D eigenvalue weighted by atomic mass is 9.83. The van der Waals surface area contributed by atoms with Gasteiger partial charge in [-0.05, 0) is 67.7 Å². The number of halogens is 1. The van der Waals surface area contributed by atoms with Crippen molar-refractivity contribution in [1.82, 2.24) is 10.2 Å². The van der Waals surface area contributed by atoms with Crippen molar-refractivity contribution < 1.29 is 29.3 Å². The number of carboxylic acids is 1. The molecule has 1 aliphatic rings. The van der Waals surface area contributed by atoms with E-state index < -0.39 is 35.4 Å². The van der Waals surface area contributed by atoms with E-state index in [2.05, 4.69) is 5.32 Å². The molecule has 222 valence electrons. The number of ether oxygens (including phenoxy) is 2. The Balaban J connectivity index is 1.83. The number of benzene rings is 2. The van der Waals surface area contributed by atoms with Crippen LogP contribution >= 0.6 is 11.6 Å². The lowest BCUT2D eigenvalue weighted by Crippen LogP contribution is -2.61. The van der Waals surface area contributed by atoms with Crippen LogP contribution in [0.1, 0.15) is 51.8 Å². The Morgan fingerprint density at radius 2 is 1.83 bits per heavy atom. The molecule has 2 aromatic carbocycles. The molecule has 0 spiro atoms. The molecule has 3 N–H and O–H groups in total. The molecule has 3 rings (SSSR count). The van der Waals surface area contributed by atoms with Gasteiger partial charge in [0.1, 0.15) is 11.7 Å². The van der Waals surface area contributed by atoms with E-state index >= 15 is 0 Å². The zero-order chi connectivity index (χ0) is 30.2. The maximum Gasteiger partial charge on any atom is 0.410 e. The van der Waals surface area contributed by atoms with Gasteiger partial charge in [0.15, 0.2) is 5.54 Å². The number of carbonyl (C=O) groups excluding carboxylic acids is 1. The van der Waals surface area contributed by atoms with Crippen molar-refractivity contribution in [2.24, 2.45) is 5.92 Å². The van der Waals surface area contributed by atoms with Crippen molar-refractivity contribution in [3.63, 3.8) is 0 Å². The van der Waals surface area contributed by atoms with Crippen LogP contribution in [0.4, 0.5) is 4.79 Å². The highest BCUT2D eigenvalue weighted by molar-refractivity contribution is 6.30. The van der Waals surface area contributed by atoms with Gasteiger partial charge in [0, 0.05) is 24.7 Å². The first-order valence-corrected chi connectivity index (χ1v) is 14.2. The third-order valence-corrected chi connectivity index (χ3v) is 6.69. The van der Waals surface area contributed by atoms with Gasteiger partial charge in [-0.15, -0.1) is 0 Å². The van der Waals surface area contributed by atoms with Gasteiger partial charge in [-0.1, -0.05) is 74.0 Å². The van der Waals surface area contributed by atoms with Crippen LogP contribution in [0, 0.1) is 5.92 Å². The Morgan fingerprint density at radius 3 is 2.44 bits per heavy atom. The van der Waals surface area contributed by atoms with E-state index in [1.54, 1.807) is 57.2 Å². The highest BCUT2D eigenvalue weighted by Crippen LogP contribution is 2.30. The minimum Gasteiger partial charge on any atom is -0.480 e. The van der Waals surface area contributed by atoms with E-state index in [9.17, 15) is 19.8 Å². The van der Waals surface area contributed by atoms with Crippen molar-refractivity contribution in [1.29, 1.82) is 0 Å². The summed E-state index contributed by atoms with van der Waals surface area (Å²) in [6, 6.07) is 16.5. The van der Waals surface area contributed by atoms with Crippen molar-refractivity contribution in [3.05, 3.63) is 89.0 Å². The number of aliphatic hydroxyl groups is 1. The zero-order valence-corrected chi connectivity index (χ0v) is 25.1. The van der Waals surface area contributed by atoms with Gasteiger partial charge in [0.25, 0.3) is 0 Å². The van der Waals surface area contributed by atoms with Crippen LogP contribution in [0.15, 0.2) is 72.8 Å². The fraction of sp³-hybridized carbons (Fsp3) is 0.438. The molecule has 41 heavy (non-hydrogen) atoms. The molecule has 3 atom stereocenters. The smallest absolute Gasteiger partial charge is 0.410 e. The number of allylic oxidation sites excluding steroid dienone is 2. The van der Waals surface area contributed by atoms with Crippen molar-refractivity contribution in [2.75, 3.05) is 26.2 Å². The van der Waals surface area contributed by atoms with Gasteiger partial charge >= 0.3 is 12.1 Å². The summed E-state index contributed by atoms with van der Waals surface area (Å²) >= 11 is 6.09. The van der Waals surface area contributed by atoms with Crippen LogP contribution in [0.25, 0.3) is 5.57 Å². The number of carboxylic acid groups (broad SMARTS) is 1. The summed E-state index contributed by atoms with van der Waals surface area (Å²) in [7, 11) is 0. The number of hydrogen-bond donors (Lipinski definition) is 3. The average molecular weight is 585 g/mol. The van der Waals surface area contributed by atoms with Crippen molar-refractivity contribution in [2.45, 2.75) is 58.0 Å². The standard InChI is InChI=1S/C32H41ClN2O6/c1-22(2)21-40-28-19-24(23-10-7-6-8-11-23)14-15-32(28,29(37)38)34-16-17-35(30(39)41-31(3,4)5)20-27(36)25-12-9-13-26(33)18-25/h6-15,18-19,22,27-28,34,36H,16-17,20-21H2,1-5H3,(H,37,38)/t27-,28?,32?/m0/s1. The Hall–Kier alpha value is -3.17. The minimum absolute atomic E-state index is 0.0710. The monoisotopic (exact) mass is 584 g/mol. The molecule has 0 heterocycles. The summed E-state index contributed by atoms with van der Waals surface area (Å²) in [4.78, 5) is 27.3. The molecule has 8 nitrogen and oxygen atoms in total. The van der Waals surface area contributed by atoms with E-state index in [1.807, 2.05) is 50.3 Å². The highest BCUT2D eigenvalue weighted by atomic mass is 35.5. The summed E-state index contributed by atoms with van der Waals surface area (Å²) in [6.45, 7) is 9.73. The molecule has 9 heteroatoms. The molecule has 2 aromatic rings. The molecule has 0 radical (unpaired) electrons. The molecular weight excluding hydrogens is 544 g/mol. The van der Waals surface area contributed by atoms with Gasteiger partial charge in [0.2, 0.25) is 0 Å². The summed E-state index contributed by atoms with van der Waals surface area (Å²) in [5, 5.41) is 24.9. The second kappa shape index (κ2) is 14.1. The SMILES string of the molecule is CC(C)COC1C=C(c2ccccc2)C=CC1(NCCN(C[C@H](O)c1cccc(Cl)c1)C(=O)OC(C)(C)C)C(=O)O. The lowest BCUT2D eigenvalue weighted by Gasteiger charge is -2.38. The molecule has 0 bridgehead atoms. The zero-order valence-electron chi connectivity index (χ0n) is 24.3. The van der Waals surface area contributed by atoms with Crippen LogP contribution in [-0.2, 0) is 14.3 Å². The third-order valence-electron chi connectivity index (χ3n) is 6.45. The molecule has 0 aliphatic heterocycles. The number of amides is 1. The van der Waals surface area contributed by atoms with E-state index in [-0.39, 0.29) is 25.6 Å². The Morgan fingerprint density at radius 1 is 1.12 bits per heavy atom. The molecule has 2 unspecified atom stereocenters. The molecule has 0 saturated heterocycles. The van der Waals surface area contributed by atoms with Gasteiger partial charge in [-0.3, -0.25) is 5.32 Å². The van der Waals surface area contributed by atoms with Gasteiger partial charge in [-0.25, -0.2) is 9.59 Å². The molecule has 0 saturated carbocycles. The predicted molar refractivity (Wildman–Crippen MR) is 161 cm³/mol. The predicted octanol–water partition coefficient (Wildman–Crippen LogP) is 5.72. The van der Waals surface area contributed by atoms with E-state index in [0.29, 0.717) is 17.2 Å². The Labute approximate surface area is 247 Å². The van der Waals surface area contributed by atoms with Crippen molar-refractivity contribution >= 4 is 29.2 Å². The van der Waals surface area contributed by atoms with Crippen LogP contribution in [0.5, 0.6) is 0 Å². The molecular formula is C32H41ClN2O6. The third kappa shape index (κ3) is 9.16. The van der Waals surface area contributed by atoms with E-state index in [1.165, 1.54) is 4.90 Å². The Kier molecular flexibility index (Phi) is 11.2. The molecule has 1 aliphatic carbocycles. The number of nitrogens with one attached hydrogen (secondary N) is 1. The first-order chi connectivity index (χ1) is 19.3. The lowest BCUT2D eigenvalue weighted by molar-refractivity contribution is -0.148. The quantitative estimate of drug-likeness (QED) is 0.293. The number of carbonyl (C=O) groups is 2. The van der Waals surface area contributed by atoms with Gasteiger partial charge < -0.3 is 24.6 Å². The second-order valence-corrected chi connectivity index (χ2v) is 12.0. The van der Waals surface area contributed by atoms with Crippen LogP contribution in [0.3, 0.4) is 0 Å². The fourth-order valence-electron chi connectivity index (χ4n) is 4.40. The topological polar surface area (TPSA) is 108 Å². The highest BCUT2D eigenvalue weighted by Gasteiger charge is 2.45. The largest absolute Gasteiger partial charge is 0.480 e. The maximum absolute atomic E-state index is 13.1. The minimum atomic E-state index is -1.57. The second-order valence-electron chi connectivity index (χ2n) is 11.6. The van der Waals surface area contributed by atoms with E-state index in [4.69, 9.17) is 21.1 Å². The Bertz CT molecular complexity index is 1240. The van der Waals surface area contributed by atoms with Gasteiger partial charge in [-0.2, -0.15) is 0 Å².